The number of amides is 1. The molecule has 5 rings (SSSR count). The molecule has 0 bridgehead atoms. The lowest BCUT2D eigenvalue weighted by Crippen LogP contribution is -2.12. The summed E-state index contributed by atoms with van der Waals surface area (Å²) in [6.45, 7) is 4.62. The number of thiazole rings is 1. The highest BCUT2D eigenvalue weighted by Crippen LogP contribution is 2.33. The second-order valence-electron chi connectivity index (χ2n) is 8.79. The molecule has 1 aliphatic carbocycles. The van der Waals surface area contributed by atoms with Gasteiger partial charge >= 0.3 is 0 Å². The molecule has 1 N–H and O–H groups in total. The molecule has 180 valence electrons. The van der Waals surface area contributed by atoms with Gasteiger partial charge in [-0.2, -0.15) is 0 Å². The number of hydrogen-bond donors (Lipinski definition) is 1. The standard InChI is InChI=1S/C26H26N4O4S/c1-16(2)24-29-30-25(34-24)18-5-7-20(8-6-18)33-22-14-19(23(31)28-26-27-10-12-35-26)13-21(15-22)32-11-9-17-3-4-17/h5-8,10,12-17H,3-4,9,11H2,1-2H3,(H,27,28,31). The Balaban J connectivity index is 1.33. The van der Waals surface area contributed by atoms with Gasteiger partial charge in [0.25, 0.3) is 5.91 Å². The third-order valence-electron chi connectivity index (χ3n) is 5.56. The molecular weight excluding hydrogens is 464 g/mol. The Morgan fingerprint density at radius 2 is 1.91 bits per heavy atom. The van der Waals surface area contributed by atoms with Crippen LogP contribution in [0.2, 0.25) is 0 Å². The van der Waals surface area contributed by atoms with Gasteiger partial charge in [-0.1, -0.05) is 26.7 Å². The Morgan fingerprint density at radius 3 is 2.60 bits per heavy atom. The molecular formula is C26H26N4O4S. The van der Waals surface area contributed by atoms with Crippen molar-refractivity contribution in [3.8, 4) is 28.7 Å². The Morgan fingerprint density at radius 1 is 1.11 bits per heavy atom. The average molecular weight is 491 g/mol. The van der Waals surface area contributed by atoms with Crippen molar-refractivity contribution >= 4 is 22.4 Å². The molecule has 2 aromatic heterocycles. The summed E-state index contributed by atoms with van der Waals surface area (Å²) < 4.78 is 17.8. The summed E-state index contributed by atoms with van der Waals surface area (Å²) in [7, 11) is 0. The minimum atomic E-state index is -0.273. The number of benzene rings is 2. The Kier molecular flexibility index (Phi) is 6.76. The van der Waals surface area contributed by atoms with Crippen LogP contribution in [-0.2, 0) is 0 Å². The van der Waals surface area contributed by atoms with E-state index in [1.54, 1.807) is 24.4 Å². The van der Waals surface area contributed by atoms with Crippen LogP contribution in [-0.4, -0.2) is 27.7 Å². The average Bonchev–Trinajstić information content (AvgIpc) is 3.30. The van der Waals surface area contributed by atoms with E-state index in [1.165, 1.54) is 24.2 Å². The van der Waals surface area contributed by atoms with Crippen molar-refractivity contribution in [2.24, 2.45) is 5.92 Å². The number of aromatic nitrogens is 3. The summed E-state index contributed by atoms with van der Waals surface area (Å²) in [5.41, 5.74) is 1.24. The van der Waals surface area contributed by atoms with Crippen LogP contribution < -0.4 is 14.8 Å². The maximum atomic E-state index is 12.8. The van der Waals surface area contributed by atoms with E-state index in [2.05, 4.69) is 20.5 Å². The van der Waals surface area contributed by atoms with Crippen LogP contribution in [0, 0.1) is 5.92 Å². The van der Waals surface area contributed by atoms with Crippen LogP contribution in [0.25, 0.3) is 11.5 Å². The molecule has 1 saturated carbocycles. The number of carbonyl (C=O) groups excluding carboxylic acids is 1. The van der Waals surface area contributed by atoms with Crippen molar-refractivity contribution in [1.82, 2.24) is 15.2 Å². The van der Waals surface area contributed by atoms with Crippen LogP contribution in [0.1, 0.15) is 55.3 Å². The molecule has 1 fully saturated rings. The quantitative estimate of drug-likeness (QED) is 0.269. The van der Waals surface area contributed by atoms with E-state index in [9.17, 15) is 4.79 Å². The molecule has 1 amide bonds. The molecule has 0 spiro atoms. The smallest absolute Gasteiger partial charge is 0.257 e. The van der Waals surface area contributed by atoms with Crippen molar-refractivity contribution in [1.29, 1.82) is 0 Å². The SMILES string of the molecule is CC(C)c1nnc(-c2ccc(Oc3cc(OCCC4CC4)cc(C(=O)Nc4nccs4)c3)cc2)o1. The zero-order chi connectivity index (χ0) is 24.2. The molecule has 8 nitrogen and oxygen atoms in total. The molecule has 9 heteroatoms. The molecule has 4 aromatic rings. The van der Waals surface area contributed by atoms with E-state index < -0.39 is 0 Å². The predicted octanol–water partition coefficient (Wildman–Crippen LogP) is 6.54. The number of carbonyl (C=O) groups is 1. The topological polar surface area (TPSA) is 99.4 Å². The number of hydrogen-bond acceptors (Lipinski definition) is 8. The highest BCUT2D eigenvalue weighted by atomic mass is 32.1. The van der Waals surface area contributed by atoms with Gasteiger partial charge in [0.05, 0.1) is 6.61 Å². The minimum Gasteiger partial charge on any atom is -0.493 e. The van der Waals surface area contributed by atoms with Gasteiger partial charge in [-0.15, -0.1) is 21.5 Å². The summed E-state index contributed by atoms with van der Waals surface area (Å²) >= 11 is 1.36. The summed E-state index contributed by atoms with van der Waals surface area (Å²) in [6, 6.07) is 12.6. The van der Waals surface area contributed by atoms with Crippen molar-refractivity contribution in [3.63, 3.8) is 0 Å². The number of rotatable bonds is 10. The van der Waals surface area contributed by atoms with Crippen LogP contribution in [0.5, 0.6) is 17.2 Å². The van der Waals surface area contributed by atoms with Gasteiger partial charge in [-0.05, 0) is 48.7 Å². The highest BCUT2D eigenvalue weighted by molar-refractivity contribution is 7.13. The van der Waals surface area contributed by atoms with Gasteiger partial charge in [0.1, 0.15) is 17.2 Å². The minimum absolute atomic E-state index is 0.166. The number of nitrogens with one attached hydrogen (secondary N) is 1. The van der Waals surface area contributed by atoms with Crippen molar-refractivity contribution in [2.75, 3.05) is 11.9 Å². The van der Waals surface area contributed by atoms with E-state index in [4.69, 9.17) is 13.9 Å². The summed E-state index contributed by atoms with van der Waals surface area (Å²) in [5.74, 6) is 3.43. The first-order valence-electron chi connectivity index (χ1n) is 11.6. The molecule has 1 aliphatic rings. The summed E-state index contributed by atoms with van der Waals surface area (Å²) in [4.78, 5) is 17.0. The van der Waals surface area contributed by atoms with Crippen LogP contribution in [0.15, 0.2) is 58.5 Å². The zero-order valence-corrected chi connectivity index (χ0v) is 20.4. The fraction of sp³-hybridized carbons (Fsp3) is 0.308. The third kappa shape index (κ3) is 6.05. The predicted molar refractivity (Wildman–Crippen MR) is 133 cm³/mol. The van der Waals surface area contributed by atoms with Crippen molar-refractivity contribution < 1.29 is 18.7 Å². The Labute approximate surface area is 207 Å². The molecule has 0 radical (unpaired) electrons. The zero-order valence-electron chi connectivity index (χ0n) is 19.6. The second-order valence-corrected chi connectivity index (χ2v) is 9.69. The largest absolute Gasteiger partial charge is 0.493 e. The molecule has 0 aliphatic heterocycles. The van der Waals surface area contributed by atoms with E-state index in [0.717, 1.165) is 17.9 Å². The van der Waals surface area contributed by atoms with E-state index in [-0.39, 0.29) is 11.8 Å². The van der Waals surface area contributed by atoms with E-state index >= 15 is 0 Å². The monoisotopic (exact) mass is 490 g/mol. The fourth-order valence-corrected chi connectivity index (χ4v) is 3.96. The normalized spacial score (nSPS) is 13.1. The number of anilines is 1. The van der Waals surface area contributed by atoms with E-state index in [1.807, 2.05) is 43.5 Å². The third-order valence-corrected chi connectivity index (χ3v) is 6.25. The van der Waals surface area contributed by atoms with Gasteiger partial charge in [-0.25, -0.2) is 4.98 Å². The molecule has 0 atom stereocenters. The fourth-order valence-electron chi connectivity index (χ4n) is 3.44. The lowest BCUT2D eigenvalue weighted by Gasteiger charge is -2.12. The van der Waals surface area contributed by atoms with Gasteiger partial charge in [-0.3, -0.25) is 10.1 Å². The lowest BCUT2D eigenvalue weighted by molar-refractivity contribution is 0.102. The first kappa shape index (κ1) is 23.0. The number of nitrogens with zero attached hydrogens (tertiary/aromatic N) is 3. The van der Waals surface area contributed by atoms with Crippen molar-refractivity contribution in [2.45, 2.75) is 39.0 Å². The van der Waals surface area contributed by atoms with Gasteiger partial charge < -0.3 is 13.9 Å². The molecule has 2 heterocycles. The van der Waals surface area contributed by atoms with Gasteiger partial charge in [0.2, 0.25) is 11.8 Å². The maximum absolute atomic E-state index is 12.8. The Hall–Kier alpha value is -3.72. The lowest BCUT2D eigenvalue weighted by atomic mass is 10.2. The molecule has 35 heavy (non-hydrogen) atoms. The Bertz CT molecular complexity index is 1280. The van der Waals surface area contributed by atoms with Gasteiger partial charge in [0, 0.05) is 34.7 Å². The molecule has 0 unspecified atom stereocenters. The second kappa shape index (κ2) is 10.3. The summed E-state index contributed by atoms with van der Waals surface area (Å²) in [5, 5.41) is 13.4. The van der Waals surface area contributed by atoms with Crippen molar-refractivity contribution in [3.05, 3.63) is 65.5 Å². The van der Waals surface area contributed by atoms with Crippen LogP contribution in [0.4, 0.5) is 5.13 Å². The summed E-state index contributed by atoms with van der Waals surface area (Å²) in [6.07, 6.45) is 5.20. The van der Waals surface area contributed by atoms with Crippen LogP contribution >= 0.6 is 11.3 Å². The molecule has 0 saturated heterocycles. The van der Waals surface area contributed by atoms with E-state index in [0.29, 0.717) is 46.3 Å². The van der Waals surface area contributed by atoms with Gasteiger partial charge in [0.15, 0.2) is 5.13 Å². The highest BCUT2D eigenvalue weighted by Gasteiger charge is 2.21. The maximum Gasteiger partial charge on any atom is 0.257 e. The first-order valence-corrected chi connectivity index (χ1v) is 12.5. The first-order chi connectivity index (χ1) is 17.0. The molecule has 2 aromatic carbocycles. The van der Waals surface area contributed by atoms with Crippen LogP contribution in [0.3, 0.4) is 0 Å². The number of ether oxygens (including phenoxy) is 2.